The van der Waals surface area contributed by atoms with Gasteiger partial charge >= 0.3 is 6.09 Å². The predicted molar refractivity (Wildman–Crippen MR) is 167 cm³/mol. The van der Waals surface area contributed by atoms with Crippen LogP contribution in [0.1, 0.15) is 62.5 Å². The van der Waals surface area contributed by atoms with Gasteiger partial charge in [-0.25, -0.2) is 4.79 Å². The number of ether oxygens (including phenoxy) is 2. The first-order valence-electron chi connectivity index (χ1n) is 16.4. The summed E-state index contributed by atoms with van der Waals surface area (Å²) in [7, 11) is 1.70. The van der Waals surface area contributed by atoms with Crippen LogP contribution in [0.5, 0.6) is 5.75 Å². The molecule has 0 atom stereocenters. The van der Waals surface area contributed by atoms with E-state index in [2.05, 4.69) is 57.6 Å². The van der Waals surface area contributed by atoms with Crippen molar-refractivity contribution in [3.8, 4) is 5.75 Å². The lowest BCUT2D eigenvalue weighted by molar-refractivity contribution is -0.127. The van der Waals surface area contributed by atoms with E-state index in [9.17, 15) is 9.59 Å². The first-order valence-corrected chi connectivity index (χ1v) is 16.4. The lowest BCUT2D eigenvalue weighted by Crippen LogP contribution is -2.47. The van der Waals surface area contributed by atoms with E-state index in [1.165, 1.54) is 11.1 Å². The molecule has 0 aromatic heterocycles. The first kappa shape index (κ1) is 29.9. The fourth-order valence-electron chi connectivity index (χ4n) is 7.56. The van der Waals surface area contributed by atoms with Crippen LogP contribution < -0.4 is 10.1 Å². The number of nitrogens with zero attached hydrogens (tertiary/aromatic N) is 3. The number of carbonyl (C=O) groups is 2. The zero-order valence-electron chi connectivity index (χ0n) is 25.7. The van der Waals surface area contributed by atoms with Gasteiger partial charge in [0.1, 0.15) is 11.4 Å². The molecule has 4 aliphatic rings. The molecule has 0 bridgehead atoms. The molecular formula is C35H48N4O4. The van der Waals surface area contributed by atoms with E-state index in [4.69, 9.17) is 9.47 Å². The molecule has 4 fully saturated rings. The molecule has 6 rings (SSSR count). The van der Waals surface area contributed by atoms with Gasteiger partial charge in [0.2, 0.25) is 5.91 Å². The number of likely N-dealkylation sites (tertiary alicyclic amines) is 2. The first-order chi connectivity index (χ1) is 21.0. The number of nitrogens with one attached hydrogen (secondary N) is 1. The highest BCUT2D eigenvalue weighted by atomic mass is 16.6. The Bertz CT molecular complexity index is 1220. The molecule has 232 valence electrons. The quantitative estimate of drug-likeness (QED) is 0.441. The second-order valence-corrected chi connectivity index (χ2v) is 13.3. The van der Waals surface area contributed by atoms with E-state index >= 15 is 0 Å². The minimum Gasteiger partial charge on any atom is -0.497 e. The Hall–Kier alpha value is -3.10. The van der Waals surface area contributed by atoms with Crippen molar-refractivity contribution in [1.29, 1.82) is 0 Å². The molecule has 8 heteroatoms. The summed E-state index contributed by atoms with van der Waals surface area (Å²) in [5, 5.41) is 3.37. The van der Waals surface area contributed by atoms with Crippen molar-refractivity contribution in [3.05, 3.63) is 65.7 Å². The second kappa shape index (κ2) is 13.7. The Morgan fingerprint density at radius 3 is 2.28 bits per heavy atom. The average Bonchev–Trinajstić information content (AvgIpc) is 3.34. The summed E-state index contributed by atoms with van der Waals surface area (Å²) in [6, 6.07) is 19.1. The highest BCUT2D eigenvalue weighted by Crippen LogP contribution is 2.36. The Morgan fingerprint density at radius 2 is 1.56 bits per heavy atom. The number of benzene rings is 2. The van der Waals surface area contributed by atoms with Crippen LogP contribution in [0.25, 0.3) is 0 Å². The lowest BCUT2D eigenvalue weighted by atomic mass is 9.81. The van der Waals surface area contributed by atoms with Crippen LogP contribution in [-0.2, 0) is 22.6 Å². The van der Waals surface area contributed by atoms with Gasteiger partial charge < -0.3 is 19.7 Å². The normalized spacial score (nSPS) is 25.0. The fourth-order valence-corrected chi connectivity index (χ4v) is 7.56. The molecule has 43 heavy (non-hydrogen) atoms. The molecule has 1 N–H and O–H groups in total. The summed E-state index contributed by atoms with van der Waals surface area (Å²) >= 11 is 0. The number of carbonyl (C=O) groups excluding carboxylic acids is 2. The summed E-state index contributed by atoms with van der Waals surface area (Å²) in [6.45, 7) is 7.22. The van der Waals surface area contributed by atoms with Gasteiger partial charge in [-0.1, -0.05) is 42.5 Å². The summed E-state index contributed by atoms with van der Waals surface area (Å²) < 4.78 is 11.4. The maximum absolute atomic E-state index is 13.1. The van der Waals surface area contributed by atoms with Gasteiger partial charge in [0.05, 0.1) is 13.7 Å². The van der Waals surface area contributed by atoms with Gasteiger partial charge in [-0.3, -0.25) is 14.6 Å². The van der Waals surface area contributed by atoms with Crippen molar-refractivity contribution >= 4 is 12.0 Å². The minimum absolute atomic E-state index is 0.101. The standard InChI is InChI=1S/C35H48N4O4/c1-42-32-9-5-8-29(22-32)24-38-20-16-35(17-21-38)26-39(34(41)43-35)25-28-10-12-30(13-11-28)33(40)36-31-14-18-37(19-15-31)23-27-6-3-2-4-7-27/h2-9,22,28,30-31H,10-21,23-26H2,1H3,(H,36,40)/t28-,30-. The summed E-state index contributed by atoms with van der Waals surface area (Å²) in [5.41, 5.74) is 2.24. The van der Waals surface area contributed by atoms with Crippen molar-refractivity contribution in [2.24, 2.45) is 11.8 Å². The van der Waals surface area contributed by atoms with Gasteiger partial charge in [0.25, 0.3) is 0 Å². The van der Waals surface area contributed by atoms with E-state index in [-0.39, 0.29) is 29.6 Å². The van der Waals surface area contributed by atoms with Crippen LogP contribution in [0, 0.1) is 11.8 Å². The van der Waals surface area contributed by atoms with Crippen LogP contribution in [0.3, 0.4) is 0 Å². The SMILES string of the molecule is COc1cccc(CN2CCC3(CC2)CN(C[C@H]2CC[C@H](C(=O)NC4CCN(Cc5ccccc5)CC4)CC2)C(=O)O3)c1. The number of piperidine rings is 2. The molecule has 0 unspecified atom stereocenters. The van der Waals surface area contributed by atoms with E-state index in [0.717, 1.165) is 103 Å². The third-order valence-electron chi connectivity index (χ3n) is 10.2. The van der Waals surface area contributed by atoms with Crippen LogP contribution in [0.4, 0.5) is 4.79 Å². The zero-order valence-corrected chi connectivity index (χ0v) is 25.7. The third kappa shape index (κ3) is 7.71. The molecule has 1 aliphatic carbocycles. The molecule has 1 saturated carbocycles. The lowest BCUT2D eigenvalue weighted by Gasteiger charge is -2.37. The summed E-state index contributed by atoms with van der Waals surface area (Å²) in [6.07, 6.45) is 7.45. The van der Waals surface area contributed by atoms with Crippen molar-refractivity contribution in [2.45, 2.75) is 76.1 Å². The van der Waals surface area contributed by atoms with Gasteiger partial charge in [-0.2, -0.15) is 0 Å². The minimum atomic E-state index is -0.351. The smallest absolute Gasteiger partial charge is 0.410 e. The number of methoxy groups -OCH3 is 1. The molecule has 8 nitrogen and oxygen atoms in total. The van der Waals surface area contributed by atoms with Gasteiger partial charge in [-0.15, -0.1) is 0 Å². The maximum Gasteiger partial charge on any atom is 0.410 e. The monoisotopic (exact) mass is 588 g/mol. The molecule has 0 radical (unpaired) electrons. The fraction of sp³-hybridized carbons (Fsp3) is 0.600. The van der Waals surface area contributed by atoms with Gasteiger partial charge in [0.15, 0.2) is 0 Å². The zero-order chi connectivity index (χ0) is 29.6. The molecule has 1 spiro atoms. The van der Waals surface area contributed by atoms with Crippen molar-refractivity contribution in [1.82, 2.24) is 20.0 Å². The molecule has 3 heterocycles. The second-order valence-electron chi connectivity index (χ2n) is 13.3. The number of rotatable bonds is 9. The Balaban J connectivity index is 0.892. The molecular weight excluding hydrogens is 540 g/mol. The topological polar surface area (TPSA) is 74.4 Å². The van der Waals surface area contributed by atoms with E-state index in [0.29, 0.717) is 12.5 Å². The molecule has 2 aromatic rings. The number of hydrogen-bond acceptors (Lipinski definition) is 6. The summed E-state index contributed by atoms with van der Waals surface area (Å²) in [4.78, 5) is 32.9. The van der Waals surface area contributed by atoms with Crippen molar-refractivity contribution in [3.63, 3.8) is 0 Å². The van der Waals surface area contributed by atoms with Crippen LogP contribution in [0.2, 0.25) is 0 Å². The van der Waals surface area contributed by atoms with Crippen molar-refractivity contribution < 1.29 is 19.1 Å². The van der Waals surface area contributed by atoms with Crippen LogP contribution in [-0.4, -0.2) is 84.7 Å². The molecule has 3 saturated heterocycles. The van der Waals surface area contributed by atoms with E-state index < -0.39 is 0 Å². The largest absolute Gasteiger partial charge is 0.497 e. The number of amides is 2. The van der Waals surface area contributed by atoms with Crippen LogP contribution >= 0.6 is 0 Å². The molecule has 2 aromatic carbocycles. The van der Waals surface area contributed by atoms with E-state index in [1.807, 2.05) is 17.0 Å². The van der Waals surface area contributed by atoms with Crippen LogP contribution in [0.15, 0.2) is 54.6 Å². The third-order valence-corrected chi connectivity index (χ3v) is 10.2. The Kier molecular flexibility index (Phi) is 9.53. The Morgan fingerprint density at radius 1 is 0.884 bits per heavy atom. The molecule has 2 amide bonds. The highest BCUT2D eigenvalue weighted by molar-refractivity contribution is 5.79. The molecule has 3 aliphatic heterocycles. The average molecular weight is 589 g/mol. The van der Waals surface area contributed by atoms with E-state index in [1.54, 1.807) is 7.11 Å². The highest BCUT2D eigenvalue weighted by Gasteiger charge is 2.47. The van der Waals surface area contributed by atoms with Crippen molar-refractivity contribution in [2.75, 3.05) is 46.4 Å². The maximum atomic E-state index is 13.1. The van der Waals surface area contributed by atoms with Gasteiger partial charge in [0, 0.05) is 70.6 Å². The van der Waals surface area contributed by atoms with Gasteiger partial charge in [-0.05, 0) is 67.7 Å². The summed E-state index contributed by atoms with van der Waals surface area (Å²) in [5.74, 6) is 1.67. The predicted octanol–water partition coefficient (Wildman–Crippen LogP) is 5.07. The number of hydrogen-bond donors (Lipinski definition) is 1. The Labute approximate surface area is 256 Å².